The molecule has 2 rings (SSSR count). The molecular formula is C22H31NO6. The van der Waals surface area contributed by atoms with E-state index >= 15 is 0 Å². The number of nitrogens with one attached hydrogen (secondary N) is 1. The van der Waals surface area contributed by atoms with Crippen LogP contribution in [0.4, 0.5) is 4.79 Å². The van der Waals surface area contributed by atoms with Crippen LogP contribution in [0, 0.1) is 5.41 Å². The highest BCUT2D eigenvalue weighted by molar-refractivity contribution is 5.79. The first kappa shape index (κ1) is 22.7. The topological polar surface area (TPSA) is 90.9 Å². The van der Waals surface area contributed by atoms with Crippen molar-refractivity contribution in [2.24, 2.45) is 5.41 Å². The molecule has 3 atom stereocenters. The van der Waals surface area contributed by atoms with E-state index in [9.17, 15) is 14.4 Å². The van der Waals surface area contributed by atoms with Gasteiger partial charge in [0.05, 0.1) is 0 Å². The Labute approximate surface area is 172 Å². The van der Waals surface area contributed by atoms with Crippen LogP contribution >= 0.6 is 0 Å². The van der Waals surface area contributed by atoms with E-state index in [-0.39, 0.29) is 12.6 Å². The van der Waals surface area contributed by atoms with Gasteiger partial charge in [-0.2, -0.15) is 0 Å². The van der Waals surface area contributed by atoms with Crippen molar-refractivity contribution in [2.75, 3.05) is 0 Å². The van der Waals surface area contributed by atoms with E-state index in [0.717, 1.165) is 5.56 Å². The molecule has 7 nitrogen and oxygen atoms in total. The predicted molar refractivity (Wildman–Crippen MR) is 107 cm³/mol. The Morgan fingerprint density at radius 2 is 1.86 bits per heavy atom. The fourth-order valence-electron chi connectivity index (χ4n) is 3.62. The van der Waals surface area contributed by atoms with Crippen molar-refractivity contribution in [1.82, 2.24) is 5.32 Å². The van der Waals surface area contributed by atoms with E-state index in [0.29, 0.717) is 19.3 Å². The second-order valence-electron chi connectivity index (χ2n) is 8.56. The predicted octanol–water partition coefficient (Wildman–Crippen LogP) is 3.75. The molecular weight excluding hydrogens is 374 g/mol. The largest absolute Gasteiger partial charge is 0.462 e. The maximum Gasteiger partial charge on any atom is 0.407 e. The summed E-state index contributed by atoms with van der Waals surface area (Å²) in [5.41, 5.74) is -0.753. The molecule has 0 heterocycles. The normalized spacial score (nSPS) is 22.4. The molecule has 1 aliphatic rings. The molecule has 0 aliphatic heterocycles. The second-order valence-corrected chi connectivity index (χ2v) is 8.56. The smallest absolute Gasteiger partial charge is 0.407 e. The van der Waals surface area contributed by atoms with Gasteiger partial charge in [-0.3, -0.25) is 9.59 Å². The molecule has 160 valence electrons. The van der Waals surface area contributed by atoms with Gasteiger partial charge in [0, 0.05) is 13.0 Å². The number of hydrogen-bond donors (Lipinski definition) is 1. The lowest BCUT2D eigenvalue weighted by atomic mass is 9.80. The van der Waals surface area contributed by atoms with Crippen molar-refractivity contribution in [3.05, 3.63) is 35.9 Å². The number of carbonyl (C=O) groups is 3. The fourth-order valence-corrected chi connectivity index (χ4v) is 3.62. The monoisotopic (exact) mass is 405 g/mol. The summed E-state index contributed by atoms with van der Waals surface area (Å²) in [5, 5.41) is 2.82. The molecule has 1 aromatic rings. The fraction of sp³-hybridized carbons (Fsp3) is 0.591. The Hall–Kier alpha value is -2.57. The lowest BCUT2D eigenvalue weighted by Crippen LogP contribution is -2.45. The molecule has 1 fully saturated rings. The highest BCUT2D eigenvalue weighted by Gasteiger charge is 2.52. The molecule has 7 heteroatoms. The molecule has 0 saturated heterocycles. The number of alkyl carbamates (subject to hydrolysis) is 1. The Bertz CT molecular complexity index is 727. The van der Waals surface area contributed by atoms with E-state index in [2.05, 4.69) is 5.32 Å². The van der Waals surface area contributed by atoms with Crippen molar-refractivity contribution in [3.63, 3.8) is 0 Å². The number of rotatable bonds is 6. The number of benzene rings is 1. The molecule has 0 radical (unpaired) electrons. The first-order chi connectivity index (χ1) is 13.5. The third-order valence-corrected chi connectivity index (χ3v) is 5.01. The summed E-state index contributed by atoms with van der Waals surface area (Å²) in [7, 11) is 0. The summed E-state index contributed by atoms with van der Waals surface area (Å²) in [4.78, 5) is 36.7. The molecule has 0 bridgehead atoms. The minimum absolute atomic E-state index is 0.137. The molecule has 29 heavy (non-hydrogen) atoms. The molecule has 1 saturated carbocycles. The summed E-state index contributed by atoms with van der Waals surface area (Å²) in [5.74, 6) is -0.889. The van der Waals surface area contributed by atoms with Crippen LogP contribution in [-0.2, 0) is 30.4 Å². The zero-order valence-corrected chi connectivity index (χ0v) is 17.8. The number of amides is 1. The quantitative estimate of drug-likeness (QED) is 0.573. The van der Waals surface area contributed by atoms with Crippen molar-refractivity contribution in [2.45, 2.75) is 78.2 Å². The molecule has 0 spiro atoms. The number of hydrogen-bond acceptors (Lipinski definition) is 6. The van der Waals surface area contributed by atoms with Crippen molar-refractivity contribution < 1.29 is 28.6 Å². The van der Waals surface area contributed by atoms with Crippen molar-refractivity contribution >= 4 is 18.0 Å². The molecule has 1 amide bonds. The number of carbonyl (C=O) groups excluding carboxylic acids is 3. The summed E-state index contributed by atoms with van der Waals surface area (Å²) in [6.45, 7) is 8.50. The van der Waals surface area contributed by atoms with Gasteiger partial charge in [-0.15, -0.1) is 0 Å². The zero-order valence-electron chi connectivity index (χ0n) is 17.8. The van der Waals surface area contributed by atoms with Crippen molar-refractivity contribution in [1.29, 1.82) is 0 Å². The van der Waals surface area contributed by atoms with Crippen molar-refractivity contribution in [3.8, 4) is 0 Å². The lowest BCUT2D eigenvalue weighted by molar-refractivity contribution is -0.172. The van der Waals surface area contributed by atoms with E-state index in [1.54, 1.807) is 27.7 Å². The Balaban J connectivity index is 2.09. The Morgan fingerprint density at radius 1 is 1.21 bits per heavy atom. The first-order valence-electron chi connectivity index (χ1n) is 9.90. The minimum Gasteiger partial charge on any atom is -0.462 e. The summed E-state index contributed by atoms with van der Waals surface area (Å²) < 4.78 is 16.2. The lowest BCUT2D eigenvalue weighted by Gasteiger charge is -2.32. The SMILES string of the molecule is CC(=O)OC(C)C1(C(=O)OCc2ccccc2)CCC(NC(=O)OC(C)(C)C)C1. The van der Waals surface area contributed by atoms with E-state index in [1.165, 1.54) is 6.92 Å². The molecule has 1 aliphatic carbocycles. The third-order valence-electron chi connectivity index (χ3n) is 5.01. The summed E-state index contributed by atoms with van der Waals surface area (Å²) in [6.07, 6.45) is 0.111. The number of ether oxygens (including phenoxy) is 3. The van der Waals surface area contributed by atoms with Gasteiger partial charge in [0.1, 0.15) is 23.7 Å². The maximum absolute atomic E-state index is 13.1. The third kappa shape index (κ3) is 6.48. The van der Waals surface area contributed by atoms with Gasteiger partial charge in [0.15, 0.2) is 0 Å². The van der Waals surface area contributed by atoms with Crippen LogP contribution in [0.15, 0.2) is 30.3 Å². The second kappa shape index (κ2) is 9.29. The minimum atomic E-state index is -1.01. The van der Waals surface area contributed by atoms with Gasteiger partial charge in [-0.05, 0) is 52.5 Å². The van der Waals surface area contributed by atoms with E-state index < -0.39 is 35.2 Å². The maximum atomic E-state index is 13.1. The van der Waals surface area contributed by atoms with Crippen LogP contribution in [0.3, 0.4) is 0 Å². The van der Waals surface area contributed by atoms with Crippen LogP contribution in [0.1, 0.15) is 59.4 Å². The summed E-state index contributed by atoms with van der Waals surface area (Å²) >= 11 is 0. The van der Waals surface area contributed by atoms with Gasteiger partial charge in [-0.25, -0.2) is 4.79 Å². The average Bonchev–Trinajstić information content (AvgIpc) is 3.03. The molecule has 3 unspecified atom stereocenters. The van der Waals surface area contributed by atoms with Gasteiger partial charge < -0.3 is 19.5 Å². The van der Waals surface area contributed by atoms with Crippen LogP contribution < -0.4 is 5.32 Å². The molecule has 1 aromatic carbocycles. The van der Waals surface area contributed by atoms with Crippen LogP contribution in [0.5, 0.6) is 0 Å². The van der Waals surface area contributed by atoms with Crippen LogP contribution in [0.25, 0.3) is 0 Å². The highest BCUT2D eigenvalue weighted by Crippen LogP contribution is 2.44. The van der Waals surface area contributed by atoms with Gasteiger partial charge in [0.25, 0.3) is 0 Å². The van der Waals surface area contributed by atoms with Gasteiger partial charge >= 0.3 is 18.0 Å². The first-order valence-corrected chi connectivity index (χ1v) is 9.90. The standard InChI is InChI=1S/C22H31NO6/c1-15(28-16(2)24)22(19(25)27-14-17-9-7-6-8-10-17)12-11-18(13-22)23-20(26)29-21(3,4)5/h6-10,15,18H,11-14H2,1-5H3,(H,23,26). The Kier molecular flexibility index (Phi) is 7.27. The summed E-state index contributed by atoms with van der Waals surface area (Å²) in [6, 6.07) is 9.10. The Morgan fingerprint density at radius 3 is 2.45 bits per heavy atom. The number of esters is 2. The van der Waals surface area contributed by atoms with Gasteiger partial charge in [0.2, 0.25) is 0 Å². The van der Waals surface area contributed by atoms with E-state index in [4.69, 9.17) is 14.2 Å². The van der Waals surface area contributed by atoms with E-state index in [1.807, 2.05) is 30.3 Å². The van der Waals surface area contributed by atoms with Crippen LogP contribution in [0.2, 0.25) is 0 Å². The molecule has 1 N–H and O–H groups in total. The highest BCUT2D eigenvalue weighted by atomic mass is 16.6. The molecule has 0 aromatic heterocycles. The zero-order chi connectivity index (χ0) is 21.7. The average molecular weight is 405 g/mol. The van der Waals surface area contributed by atoms with Crippen LogP contribution in [-0.4, -0.2) is 35.8 Å². The van der Waals surface area contributed by atoms with Gasteiger partial charge in [-0.1, -0.05) is 30.3 Å².